The summed E-state index contributed by atoms with van der Waals surface area (Å²) in [6.45, 7) is 11.0. The molecule has 0 N–H and O–H groups in total. The molecule has 0 atom stereocenters. The Hall–Kier alpha value is -1.10. The van der Waals surface area contributed by atoms with Gasteiger partial charge in [-0.25, -0.2) is 9.78 Å². The van der Waals surface area contributed by atoms with Gasteiger partial charge >= 0.3 is 6.09 Å². The van der Waals surface area contributed by atoms with Crippen molar-refractivity contribution in [1.82, 2.24) is 9.88 Å². The van der Waals surface area contributed by atoms with E-state index in [2.05, 4.69) is 11.9 Å². The number of carbonyl (C=O) groups excluding carboxylic acids is 1. The van der Waals surface area contributed by atoms with E-state index in [0.717, 1.165) is 36.6 Å². The summed E-state index contributed by atoms with van der Waals surface area (Å²) < 4.78 is 5.39. The van der Waals surface area contributed by atoms with Gasteiger partial charge in [-0.3, -0.25) is 0 Å². The summed E-state index contributed by atoms with van der Waals surface area (Å²) >= 11 is 1.67. The normalized spacial score (nSPS) is 17.6. The van der Waals surface area contributed by atoms with E-state index in [0.29, 0.717) is 5.92 Å². The van der Waals surface area contributed by atoms with Crippen molar-refractivity contribution in [2.45, 2.75) is 45.1 Å². The lowest BCUT2D eigenvalue weighted by molar-refractivity contribution is 0.0205. The first kappa shape index (κ1) is 14.3. The lowest BCUT2D eigenvalue weighted by atomic mass is 9.98. The standard InChI is InChI=1S/C14H21N2O2S/c1-10-9-19-12(15-10)11-5-7-16(8-6-11)13(17)18-14(2,3)4/h9,11H,1,5-8H2,2-4H3. The maximum Gasteiger partial charge on any atom is 0.410 e. The summed E-state index contributed by atoms with van der Waals surface area (Å²) in [6, 6.07) is 0. The van der Waals surface area contributed by atoms with Gasteiger partial charge < -0.3 is 9.64 Å². The molecule has 1 aliphatic rings. The molecule has 2 rings (SSSR count). The second kappa shape index (κ2) is 5.49. The van der Waals surface area contributed by atoms with Crippen LogP contribution in [-0.4, -0.2) is 34.7 Å². The van der Waals surface area contributed by atoms with Crippen molar-refractivity contribution in [3.8, 4) is 0 Å². The third kappa shape index (κ3) is 3.93. The van der Waals surface area contributed by atoms with Crippen LogP contribution in [0.25, 0.3) is 0 Å². The van der Waals surface area contributed by atoms with E-state index in [1.807, 2.05) is 26.2 Å². The number of ether oxygens (including phenoxy) is 1. The maximum atomic E-state index is 11.9. The monoisotopic (exact) mass is 281 g/mol. The summed E-state index contributed by atoms with van der Waals surface area (Å²) in [5.41, 5.74) is 0.418. The smallest absolute Gasteiger partial charge is 0.410 e. The van der Waals surface area contributed by atoms with Gasteiger partial charge in [-0.05, 0) is 40.5 Å². The Balaban J connectivity index is 1.87. The van der Waals surface area contributed by atoms with Crippen LogP contribution >= 0.6 is 11.3 Å². The van der Waals surface area contributed by atoms with Gasteiger partial charge in [-0.2, -0.15) is 0 Å². The van der Waals surface area contributed by atoms with Crippen molar-refractivity contribution in [1.29, 1.82) is 0 Å². The van der Waals surface area contributed by atoms with Crippen molar-refractivity contribution in [2.24, 2.45) is 0 Å². The van der Waals surface area contributed by atoms with Crippen LogP contribution in [0.15, 0.2) is 5.38 Å². The molecule has 1 fully saturated rings. The summed E-state index contributed by atoms with van der Waals surface area (Å²) in [6.07, 6.45) is 1.70. The maximum absolute atomic E-state index is 11.9. The second-order valence-corrected chi connectivity index (χ2v) is 6.81. The molecule has 1 radical (unpaired) electrons. The van der Waals surface area contributed by atoms with Crippen LogP contribution in [0.1, 0.15) is 50.2 Å². The Labute approximate surface area is 118 Å². The predicted octanol–water partition coefficient (Wildman–Crippen LogP) is 3.44. The number of rotatable bonds is 1. The number of likely N-dealkylation sites (tertiary alicyclic amines) is 1. The van der Waals surface area contributed by atoms with Crippen LogP contribution in [0.3, 0.4) is 0 Å². The molecule has 1 aromatic heterocycles. The van der Waals surface area contributed by atoms with E-state index in [-0.39, 0.29) is 6.09 Å². The molecular formula is C14H21N2O2S. The fourth-order valence-corrected chi connectivity index (χ4v) is 3.05. The number of thiazole rings is 1. The van der Waals surface area contributed by atoms with Crippen LogP contribution in [0.5, 0.6) is 0 Å². The van der Waals surface area contributed by atoms with E-state index in [4.69, 9.17) is 4.74 Å². The molecule has 1 aromatic rings. The molecule has 4 nitrogen and oxygen atoms in total. The first-order chi connectivity index (χ1) is 8.85. The number of hydrogen-bond acceptors (Lipinski definition) is 4. The van der Waals surface area contributed by atoms with E-state index >= 15 is 0 Å². The summed E-state index contributed by atoms with van der Waals surface area (Å²) in [5.74, 6) is 0.458. The van der Waals surface area contributed by atoms with Gasteiger partial charge in [0, 0.05) is 24.4 Å². The van der Waals surface area contributed by atoms with Crippen molar-refractivity contribution in [3.63, 3.8) is 0 Å². The summed E-state index contributed by atoms with van der Waals surface area (Å²) in [5, 5.41) is 3.13. The first-order valence-electron chi connectivity index (χ1n) is 6.60. The van der Waals surface area contributed by atoms with Crippen molar-refractivity contribution in [2.75, 3.05) is 13.1 Å². The zero-order chi connectivity index (χ0) is 14.0. The molecule has 105 valence electrons. The molecule has 0 bridgehead atoms. The second-order valence-electron chi connectivity index (χ2n) is 5.92. The zero-order valence-electron chi connectivity index (χ0n) is 11.8. The third-order valence-electron chi connectivity index (χ3n) is 3.07. The van der Waals surface area contributed by atoms with Crippen LogP contribution in [0.4, 0.5) is 4.79 Å². The SMILES string of the molecule is [CH2]c1csc(C2CCN(C(=O)OC(C)(C)C)CC2)n1. The van der Waals surface area contributed by atoms with E-state index in [1.54, 1.807) is 16.2 Å². The first-order valence-corrected chi connectivity index (χ1v) is 7.48. The van der Waals surface area contributed by atoms with Crippen LogP contribution in [0, 0.1) is 6.92 Å². The lowest BCUT2D eigenvalue weighted by Crippen LogP contribution is -2.41. The number of carbonyl (C=O) groups is 1. The molecule has 5 heteroatoms. The Morgan fingerprint density at radius 1 is 1.47 bits per heavy atom. The van der Waals surface area contributed by atoms with Crippen molar-refractivity contribution < 1.29 is 9.53 Å². The highest BCUT2D eigenvalue weighted by Gasteiger charge is 2.28. The molecule has 0 saturated carbocycles. The lowest BCUT2D eigenvalue weighted by Gasteiger charge is -2.32. The highest BCUT2D eigenvalue weighted by Crippen LogP contribution is 2.30. The van der Waals surface area contributed by atoms with E-state index in [9.17, 15) is 4.79 Å². The topological polar surface area (TPSA) is 42.4 Å². The van der Waals surface area contributed by atoms with Gasteiger partial charge in [0.1, 0.15) is 5.60 Å². The van der Waals surface area contributed by atoms with Gasteiger partial charge in [0.2, 0.25) is 0 Å². The molecule has 0 aliphatic carbocycles. The Bertz CT molecular complexity index is 443. The highest BCUT2D eigenvalue weighted by atomic mass is 32.1. The fourth-order valence-electron chi connectivity index (χ4n) is 2.15. The number of amides is 1. The molecule has 0 spiro atoms. The summed E-state index contributed by atoms with van der Waals surface area (Å²) in [4.78, 5) is 18.2. The number of piperidine rings is 1. The van der Waals surface area contributed by atoms with Crippen molar-refractivity contribution >= 4 is 17.4 Å². The number of hydrogen-bond donors (Lipinski definition) is 0. The molecule has 1 amide bonds. The highest BCUT2D eigenvalue weighted by molar-refractivity contribution is 7.09. The minimum atomic E-state index is -0.425. The molecule has 1 saturated heterocycles. The Morgan fingerprint density at radius 2 is 2.11 bits per heavy atom. The van der Waals surface area contributed by atoms with Gasteiger partial charge in [-0.1, -0.05) is 0 Å². The molecule has 0 unspecified atom stereocenters. The minimum absolute atomic E-state index is 0.206. The molecule has 0 aromatic carbocycles. The number of nitrogens with zero attached hydrogens (tertiary/aromatic N) is 2. The quantitative estimate of drug-likeness (QED) is 0.792. The zero-order valence-corrected chi connectivity index (χ0v) is 12.6. The largest absolute Gasteiger partial charge is 0.444 e. The Morgan fingerprint density at radius 3 is 2.58 bits per heavy atom. The van der Waals surface area contributed by atoms with Crippen LogP contribution < -0.4 is 0 Å². The average Bonchev–Trinajstić information content (AvgIpc) is 2.74. The van der Waals surface area contributed by atoms with Crippen LogP contribution in [0.2, 0.25) is 0 Å². The molecule has 19 heavy (non-hydrogen) atoms. The Kier molecular flexibility index (Phi) is 4.13. The summed E-state index contributed by atoms with van der Waals surface area (Å²) in [7, 11) is 0. The fraction of sp³-hybridized carbons (Fsp3) is 0.643. The molecule has 2 heterocycles. The van der Waals surface area contributed by atoms with Gasteiger partial charge in [0.15, 0.2) is 0 Å². The minimum Gasteiger partial charge on any atom is -0.444 e. The van der Waals surface area contributed by atoms with Gasteiger partial charge in [0.25, 0.3) is 0 Å². The van der Waals surface area contributed by atoms with Gasteiger partial charge in [0.05, 0.1) is 10.7 Å². The molecular weight excluding hydrogens is 260 g/mol. The van der Waals surface area contributed by atoms with Crippen LogP contribution in [-0.2, 0) is 4.74 Å². The van der Waals surface area contributed by atoms with Gasteiger partial charge in [-0.15, -0.1) is 11.3 Å². The molecule has 1 aliphatic heterocycles. The van der Waals surface area contributed by atoms with E-state index in [1.165, 1.54) is 0 Å². The van der Waals surface area contributed by atoms with E-state index < -0.39 is 5.60 Å². The number of aromatic nitrogens is 1. The van der Waals surface area contributed by atoms with Crippen molar-refractivity contribution in [3.05, 3.63) is 23.0 Å². The average molecular weight is 281 g/mol. The predicted molar refractivity (Wildman–Crippen MR) is 76.4 cm³/mol. The third-order valence-corrected chi connectivity index (χ3v) is 4.12.